The molecule has 0 atom stereocenters. The second-order valence-corrected chi connectivity index (χ2v) is 3.99. The van der Waals surface area contributed by atoms with Crippen LogP contribution in [0.2, 0.25) is 0 Å². The van der Waals surface area contributed by atoms with Crippen molar-refractivity contribution in [1.82, 2.24) is 5.32 Å². The highest BCUT2D eigenvalue weighted by molar-refractivity contribution is 5.46. The van der Waals surface area contributed by atoms with Crippen molar-refractivity contribution in [1.29, 1.82) is 0 Å². The predicted octanol–water partition coefficient (Wildman–Crippen LogP) is 2.50. The Labute approximate surface area is 98.2 Å². The number of rotatable bonds is 7. The lowest BCUT2D eigenvalue weighted by Gasteiger charge is -2.10. The van der Waals surface area contributed by atoms with E-state index < -0.39 is 0 Å². The van der Waals surface area contributed by atoms with E-state index in [1.54, 1.807) is 0 Å². The van der Waals surface area contributed by atoms with Gasteiger partial charge >= 0.3 is 0 Å². The summed E-state index contributed by atoms with van der Waals surface area (Å²) < 4.78 is 5.38. The Kier molecular flexibility index (Phi) is 5.72. The molecule has 0 aliphatic heterocycles. The average Bonchev–Trinajstić information content (AvgIpc) is 2.27. The second kappa shape index (κ2) is 7.12. The van der Waals surface area contributed by atoms with Crippen LogP contribution < -0.4 is 15.4 Å². The average molecular weight is 222 g/mol. The standard InChI is InChI=1S/C13H22N2O/c1-4-16-13-7-5-12(6-8-13)15-10-9-14-11(2)3/h5-8,11,14-15H,4,9-10H2,1-3H3. The molecule has 1 aromatic rings. The summed E-state index contributed by atoms with van der Waals surface area (Å²) in [7, 11) is 0. The Hall–Kier alpha value is -1.22. The number of ether oxygens (including phenoxy) is 1. The summed E-state index contributed by atoms with van der Waals surface area (Å²) in [5.41, 5.74) is 1.13. The molecule has 0 aliphatic carbocycles. The van der Waals surface area contributed by atoms with Crippen LogP contribution in [0, 0.1) is 0 Å². The van der Waals surface area contributed by atoms with Gasteiger partial charge in [-0.2, -0.15) is 0 Å². The summed E-state index contributed by atoms with van der Waals surface area (Å²) in [4.78, 5) is 0. The van der Waals surface area contributed by atoms with Gasteiger partial charge in [-0.15, -0.1) is 0 Å². The first kappa shape index (κ1) is 12.8. The van der Waals surface area contributed by atoms with Crippen LogP contribution >= 0.6 is 0 Å². The number of hydrogen-bond acceptors (Lipinski definition) is 3. The molecule has 0 radical (unpaired) electrons. The summed E-state index contributed by atoms with van der Waals surface area (Å²) in [5, 5.41) is 6.71. The van der Waals surface area contributed by atoms with Gasteiger partial charge in [-0.1, -0.05) is 13.8 Å². The molecule has 0 aliphatic rings. The molecule has 0 saturated heterocycles. The van der Waals surface area contributed by atoms with Gasteiger partial charge in [0.25, 0.3) is 0 Å². The largest absolute Gasteiger partial charge is 0.494 e. The van der Waals surface area contributed by atoms with Gasteiger partial charge in [-0.3, -0.25) is 0 Å². The monoisotopic (exact) mass is 222 g/mol. The lowest BCUT2D eigenvalue weighted by atomic mass is 10.3. The van der Waals surface area contributed by atoms with Gasteiger partial charge in [0.1, 0.15) is 5.75 Å². The normalized spacial score (nSPS) is 10.5. The molecule has 90 valence electrons. The summed E-state index contributed by atoms with van der Waals surface area (Å²) in [5.74, 6) is 0.924. The van der Waals surface area contributed by atoms with Crippen molar-refractivity contribution in [2.45, 2.75) is 26.8 Å². The summed E-state index contributed by atoms with van der Waals surface area (Å²) in [6, 6.07) is 8.60. The Morgan fingerprint density at radius 2 is 1.81 bits per heavy atom. The summed E-state index contributed by atoms with van der Waals surface area (Å²) >= 11 is 0. The number of nitrogens with one attached hydrogen (secondary N) is 2. The molecule has 0 heterocycles. The van der Waals surface area contributed by atoms with Crippen molar-refractivity contribution in [3.05, 3.63) is 24.3 Å². The first-order chi connectivity index (χ1) is 7.72. The minimum Gasteiger partial charge on any atom is -0.494 e. The van der Waals surface area contributed by atoms with Gasteiger partial charge in [-0.05, 0) is 31.2 Å². The zero-order valence-electron chi connectivity index (χ0n) is 10.4. The van der Waals surface area contributed by atoms with Gasteiger partial charge in [-0.25, -0.2) is 0 Å². The number of benzene rings is 1. The topological polar surface area (TPSA) is 33.3 Å². The maximum atomic E-state index is 5.38. The van der Waals surface area contributed by atoms with E-state index in [-0.39, 0.29) is 0 Å². The Bertz CT molecular complexity index is 282. The highest BCUT2D eigenvalue weighted by Gasteiger charge is 1.94. The highest BCUT2D eigenvalue weighted by Crippen LogP contribution is 2.15. The fourth-order valence-electron chi connectivity index (χ4n) is 1.40. The van der Waals surface area contributed by atoms with Crippen LogP contribution in [-0.2, 0) is 0 Å². The van der Waals surface area contributed by atoms with E-state index in [4.69, 9.17) is 4.74 Å². The van der Waals surface area contributed by atoms with Crippen molar-refractivity contribution < 1.29 is 4.74 Å². The first-order valence-electron chi connectivity index (χ1n) is 5.92. The van der Waals surface area contributed by atoms with Gasteiger partial charge in [0.05, 0.1) is 6.61 Å². The van der Waals surface area contributed by atoms with Gasteiger partial charge < -0.3 is 15.4 Å². The van der Waals surface area contributed by atoms with Crippen LogP contribution in [0.4, 0.5) is 5.69 Å². The predicted molar refractivity (Wildman–Crippen MR) is 69.2 cm³/mol. The lowest BCUT2D eigenvalue weighted by Crippen LogP contribution is -2.28. The van der Waals surface area contributed by atoms with Crippen LogP contribution in [0.15, 0.2) is 24.3 Å². The fraction of sp³-hybridized carbons (Fsp3) is 0.538. The Morgan fingerprint density at radius 1 is 1.12 bits per heavy atom. The van der Waals surface area contributed by atoms with Crippen molar-refractivity contribution in [2.75, 3.05) is 25.0 Å². The zero-order chi connectivity index (χ0) is 11.8. The molecule has 0 saturated carbocycles. The van der Waals surface area contributed by atoms with E-state index in [0.717, 1.165) is 24.5 Å². The van der Waals surface area contributed by atoms with E-state index in [0.29, 0.717) is 12.6 Å². The van der Waals surface area contributed by atoms with Gasteiger partial charge in [0.15, 0.2) is 0 Å². The van der Waals surface area contributed by atoms with Gasteiger partial charge in [0.2, 0.25) is 0 Å². The molecule has 2 N–H and O–H groups in total. The molecule has 0 fully saturated rings. The van der Waals surface area contributed by atoms with E-state index in [1.165, 1.54) is 0 Å². The Morgan fingerprint density at radius 3 is 2.38 bits per heavy atom. The lowest BCUT2D eigenvalue weighted by molar-refractivity contribution is 0.340. The molecule has 0 unspecified atom stereocenters. The van der Waals surface area contributed by atoms with E-state index >= 15 is 0 Å². The molecule has 0 bridgehead atoms. The van der Waals surface area contributed by atoms with Crippen LogP contribution in [0.5, 0.6) is 5.75 Å². The van der Waals surface area contributed by atoms with E-state index in [2.05, 4.69) is 24.5 Å². The van der Waals surface area contributed by atoms with Crippen molar-refractivity contribution in [3.8, 4) is 5.75 Å². The van der Waals surface area contributed by atoms with Crippen molar-refractivity contribution in [3.63, 3.8) is 0 Å². The molecule has 0 spiro atoms. The first-order valence-corrected chi connectivity index (χ1v) is 5.92. The molecule has 3 nitrogen and oxygen atoms in total. The third-order valence-corrected chi connectivity index (χ3v) is 2.17. The molecular formula is C13H22N2O. The highest BCUT2D eigenvalue weighted by atomic mass is 16.5. The van der Waals surface area contributed by atoms with E-state index in [9.17, 15) is 0 Å². The molecule has 0 aromatic heterocycles. The SMILES string of the molecule is CCOc1ccc(NCCNC(C)C)cc1. The van der Waals surface area contributed by atoms with Crippen LogP contribution in [0.3, 0.4) is 0 Å². The summed E-state index contributed by atoms with van der Waals surface area (Å²) in [6.45, 7) is 8.92. The fourth-order valence-corrected chi connectivity index (χ4v) is 1.40. The third-order valence-electron chi connectivity index (χ3n) is 2.17. The minimum absolute atomic E-state index is 0.544. The van der Waals surface area contributed by atoms with E-state index in [1.807, 2.05) is 31.2 Å². The van der Waals surface area contributed by atoms with Crippen LogP contribution in [0.1, 0.15) is 20.8 Å². The quantitative estimate of drug-likeness (QED) is 0.695. The van der Waals surface area contributed by atoms with Crippen LogP contribution in [0.25, 0.3) is 0 Å². The zero-order valence-corrected chi connectivity index (χ0v) is 10.4. The van der Waals surface area contributed by atoms with Crippen molar-refractivity contribution >= 4 is 5.69 Å². The molecule has 1 rings (SSSR count). The van der Waals surface area contributed by atoms with Gasteiger partial charge in [0, 0.05) is 24.8 Å². The maximum absolute atomic E-state index is 5.38. The molecule has 0 amide bonds. The Balaban J connectivity index is 2.26. The molecular weight excluding hydrogens is 200 g/mol. The number of hydrogen-bond donors (Lipinski definition) is 2. The molecule has 3 heteroatoms. The number of anilines is 1. The van der Waals surface area contributed by atoms with Crippen LogP contribution in [-0.4, -0.2) is 25.7 Å². The minimum atomic E-state index is 0.544. The summed E-state index contributed by atoms with van der Waals surface area (Å²) in [6.07, 6.45) is 0. The smallest absolute Gasteiger partial charge is 0.119 e. The molecule has 1 aromatic carbocycles. The molecule has 16 heavy (non-hydrogen) atoms. The third kappa shape index (κ3) is 5.03. The maximum Gasteiger partial charge on any atom is 0.119 e. The van der Waals surface area contributed by atoms with Crippen molar-refractivity contribution in [2.24, 2.45) is 0 Å². The second-order valence-electron chi connectivity index (χ2n) is 3.99.